The Morgan fingerprint density at radius 1 is 1.29 bits per heavy atom. The van der Waals surface area contributed by atoms with Gasteiger partial charge in [-0.3, -0.25) is 0 Å². The summed E-state index contributed by atoms with van der Waals surface area (Å²) in [6.45, 7) is 4.16. The van der Waals surface area contributed by atoms with Crippen molar-refractivity contribution in [2.24, 2.45) is 0 Å². The van der Waals surface area contributed by atoms with E-state index in [0.717, 1.165) is 29.1 Å². The smallest absolute Gasteiger partial charge is 0.105 e. The van der Waals surface area contributed by atoms with Gasteiger partial charge in [-0.15, -0.1) is 0 Å². The predicted molar refractivity (Wildman–Crippen MR) is 71.1 cm³/mol. The summed E-state index contributed by atoms with van der Waals surface area (Å²) in [6.07, 6.45) is 2.56. The van der Waals surface area contributed by atoms with Gasteiger partial charge in [0, 0.05) is 23.8 Å². The topological polar surface area (TPSA) is 51.2 Å². The summed E-state index contributed by atoms with van der Waals surface area (Å²) in [5.74, 6) is 0.992. The van der Waals surface area contributed by atoms with Crippen LogP contribution in [-0.2, 0) is 6.42 Å². The standard InChI is InChI=1S/C14H18N2O/c1-10(9-12-5-4-8-17-12)16-14-7-3-6-13(15)11(14)2/h3-8,10,16H,9,15H2,1-2H3. The molecule has 2 rings (SSSR count). The van der Waals surface area contributed by atoms with Crippen molar-refractivity contribution >= 4 is 11.4 Å². The van der Waals surface area contributed by atoms with E-state index in [1.54, 1.807) is 6.26 Å². The molecule has 1 atom stereocenters. The first-order valence-electron chi connectivity index (χ1n) is 5.81. The normalized spacial score (nSPS) is 12.4. The Labute approximate surface area is 102 Å². The number of anilines is 2. The van der Waals surface area contributed by atoms with Gasteiger partial charge in [-0.2, -0.15) is 0 Å². The molecule has 1 aromatic carbocycles. The van der Waals surface area contributed by atoms with Crippen molar-refractivity contribution in [3.63, 3.8) is 0 Å². The molecular formula is C14H18N2O. The van der Waals surface area contributed by atoms with Crippen LogP contribution in [0.3, 0.4) is 0 Å². The molecule has 90 valence electrons. The van der Waals surface area contributed by atoms with Gasteiger partial charge in [-0.25, -0.2) is 0 Å². The molecule has 0 bridgehead atoms. The highest BCUT2D eigenvalue weighted by Crippen LogP contribution is 2.21. The number of rotatable bonds is 4. The van der Waals surface area contributed by atoms with E-state index in [1.165, 1.54) is 0 Å². The van der Waals surface area contributed by atoms with Gasteiger partial charge in [-0.05, 0) is 43.7 Å². The van der Waals surface area contributed by atoms with Crippen LogP contribution in [0.5, 0.6) is 0 Å². The zero-order valence-corrected chi connectivity index (χ0v) is 10.2. The molecule has 1 aromatic heterocycles. The highest BCUT2D eigenvalue weighted by molar-refractivity contribution is 5.63. The maximum Gasteiger partial charge on any atom is 0.105 e. The quantitative estimate of drug-likeness (QED) is 0.793. The van der Waals surface area contributed by atoms with E-state index >= 15 is 0 Å². The number of nitrogens with two attached hydrogens (primary N) is 1. The van der Waals surface area contributed by atoms with Gasteiger partial charge in [0.15, 0.2) is 0 Å². The van der Waals surface area contributed by atoms with E-state index in [1.807, 2.05) is 37.3 Å². The van der Waals surface area contributed by atoms with E-state index in [2.05, 4.69) is 12.2 Å². The number of hydrogen-bond acceptors (Lipinski definition) is 3. The predicted octanol–water partition coefficient (Wildman–Crippen LogP) is 3.21. The third kappa shape index (κ3) is 2.81. The van der Waals surface area contributed by atoms with Crippen LogP contribution in [0.25, 0.3) is 0 Å². The average molecular weight is 230 g/mol. The molecule has 0 spiro atoms. The van der Waals surface area contributed by atoms with Gasteiger partial charge < -0.3 is 15.5 Å². The molecule has 0 aliphatic rings. The lowest BCUT2D eigenvalue weighted by atomic mass is 10.1. The third-order valence-electron chi connectivity index (χ3n) is 2.87. The first-order valence-corrected chi connectivity index (χ1v) is 5.81. The largest absolute Gasteiger partial charge is 0.469 e. The number of benzene rings is 1. The van der Waals surface area contributed by atoms with Crippen LogP contribution in [0.1, 0.15) is 18.2 Å². The first-order chi connectivity index (χ1) is 8.16. The number of nitrogens with one attached hydrogen (secondary N) is 1. The molecule has 0 aliphatic carbocycles. The second-order valence-corrected chi connectivity index (χ2v) is 4.35. The molecule has 3 N–H and O–H groups in total. The second kappa shape index (κ2) is 4.95. The zero-order valence-electron chi connectivity index (χ0n) is 10.2. The van der Waals surface area contributed by atoms with Crippen molar-refractivity contribution in [1.82, 2.24) is 0 Å². The summed E-state index contributed by atoms with van der Waals surface area (Å²) in [5, 5.41) is 3.45. The van der Waals surface area contributed by atoms with E-state index in [0.29, 0.717) is 6.04 Å². The monoisotopic (exact) mass is 230 g/mol. The maximum atomic E-state index is 5.87. The lowest BCUT2D eigenvalue weighted by Crippen LogP contribution is -2.18. The molecule has 0 aliphatic heterocycles. The van der Waals surface area contributed by atoms with Gasteiger partial charge in [0.2, 0.25) is 0 Å². The van der Waals surface area contributed by atoms with Crippen molar-refractivity contribution < 1.29 is 4.42 Å². The molecule has 0 saturated heterocycles. The Morgan fingerprint density at radius 2 is 2.12 bits per heavy atom. The van der Waals surface area contributed by atoms with Crippen LogP contribution in [0, 0.1) is 6.92 Å². The van der Waals surface area contributed by atoms with Crippen LogP contribution < -0.4 is 11.1 Å². The molecule has 0 radical (unpaired) electrons. The summed E-state index contributed by atoms with van der Waals surface area (Å²) >= 11 is 0. The number of hydrogen-bond donors (Lipinski definition) is 2. The van der Waals surface area contributed by atoms with Gasteiger partial charge in [0.05, 0.1) is 6.26 Å². The van der Waals surface area contributed by atoms with Crippen molar-refractivity contribution in [2.45, 2.75) is 26.3 Å². The van der Waals surface area contributed by atoms with Crippen molar-refractivity contribution in [1.29, 1.82) is 0 Å². The summed E-state index contributed by atoms with van der Waals surface area (Å²) in [4.78, 5) is 0. The van der Waals surface area contributed by atoms with Crippen LogP contribution in [0.4, 0.5) is 11.4 Å². The number of furan rings is 1. The lowest BCUT2D eigenvalue weighted by molar-refractivity contribution is 0.498. The van der Waals surface area contributed by atoms with E-state index < -0.39 is 0 Å². The van der Waals surface area contributed by atoms with Gasteiger partial charge >= 0.3 is 0 Å². The molecule has 3 heteroatoms. The molecule has 1 unspecified atom stereocenters. The van der Waals surface area contributed by atoms with Crippen LogP contribution in [0.2, 0.25) is 0 Å². The van der Waals surface area contributed by atoms with Crippen LogP contribution in [0.15, 0.2) is 41.0 Å². The van der Waals surface area contributed by atoms with Crippen molar-refractivity contribution in [2.75, 3.05) is 11.1 Å². The molecular weight excluding hydrogens is 212 g/mol. The minimum atomic E-state index is 0.307. The zero-order chi connectivity index (χ0) is 12.3. The van der Waals surface area contributed by atoms with E-state index in [9.17, 15) is 0 Å². The summed E-state index contributed by atoms with van der Waals surface area (Å²) in [6, 6.07) is 10.1. The molecule has 0 fully saturated rings. The van der Waals surface area contributed by atoms with Crippen molar-refractivity contribution in [3.8, 4) is 0 Å². The highest BCUT2D eigenvalue weighted by atomic mass is 16.3. The Morgan fingerprint density at radius 3 is 2.82 bits per heavy atom. The minimum absolute atomic E-state index is 0.307. The molecule has 0 saturated carbocycles. The Bertz CT molecular complexity index is 477. The number of nitrogen functional groups attached to an aromatic ring is 1. The lowest BCUT2D eigenvalue weighted by Gasteiger charge is -2.16. The summed E-state index contributed by atoms with van der Waals surface area (Å²) < 4.78 is 5.33. The van der Waals surface area contributed by atoms with Crippen LogP contribution in [-0.4, -0.2) is 6.04 Å². The van der Waals surface area contributed by atoms with Gasteiger partial charge in [0.25, 0.3) is 0 Å². The first kappa shape index (κ1) is 11.6. The summed E-state index contributed by atoms with van der Waals surface area (Å²) in [5.41, 5.74) is 8.88. The maximum absolute atomic E-state index is 5.87. The highest BCUT2D eigenvalue weighted by Gasteiger charge is 2.07. The van der Waals surface area contributed by atoms with E-state index in [-0.39, 0.29) is 0 Å². The fourth-order valence-corrected chi connectivity index (χ4v) is 1.86. The summed E-state index contributed by atoms with van der Waals surface area (Å²) in [7, 11) is 0. The average Bonchev–Trinajstić information content (AvgIpc) is 2.77. The Hall–Kier alpha value is -1.90. The van der Waals surface area contributed by atoms with Crippen molar-refractivity contribution in [3.05, 3.63) is 47.9 Å². The molecule has 3 nitrogen and oxygen atoms in total. The van der Waals surface area contributed by atoms with Gasteiger partial charge in [0.1, 0.15) is 5.76 Å². The van der Waals surface area contributed by atoms with E-state index in [4.69, 9.17) is 10.2 Å². The Balaban J connectivity index is 2.03. The second-order valence-electron chi connectivity index (χ2n) is 4.35. The third-order valence-corrected chi connectivity index (χ3v) is 2.87. The molecule has 1 heterocycles. The molecule has 2 aromatic rings. The van der Waals surface area contributed by atoms with Crippen LogP contribution >= 0.6 is 0 Å². The Kier molecular flexibility index (Phi) is 3.38. The minimum Gasteiger partial charge on any atom is -0.469 e. The molecule has 0 amide bonds. The SMILES string of the molecule is Cc1c(N)cccc1NC(C)Cc1ccco1. The molecule has 17 heavy (non-hydrogen) atoms. The fraction of sp³-hybridized carbons (Fsp3) is 0.286. The van der Waals surface area contributed by atoms with Gasteiger partial charge in [-0.1, -0.05) is 6.07 Å². The fourth-order valence-electron chi connectivity index (χ4n) is 1.86.